The highest BCUT2D eigenvalue weighted by Gasteiger charge is 2.31. The molecule has 0 unspecified atom stereocenters. The van der Waals surface area contributed by atoms with E-state index in [1.807, 2.05) is 23.1 Å². The first-order chi connectivity index (χ1) is 12.9. The van der Waals surface area contributed by atoms with Gasteiger partial charge in [0.2, 0.25) is 0 Å². The Bertz CT molecular complexity index is 944. The standard InChI is InChI=1S/C20H24N2O3S2/c1-15-6-9-21(10-7-15)20(23)18-12-19(26-14-18)27(24,25)22-11-8-16-4-2-3-5-17(16)13-22/h2-5,12,14-15H,6-11,13H2,1H3. The lowest BCUT2D eigenvalue weighted by atomic mass is 9.99. The normalized spacial score (nSPS) is 19.1. The minimum Gasteiger partial charge on any atom is -0.339 e. The minimum atomic E-state index is -3.58. The number of thiophene rings is 1. The molecular formula is C20H24N2O3S2. The minimum absolute atomic E-state index is 0.0522. The number of hydrogen-bond donors (Lipinski definition) is 0. The molecule has 2 aliphatic rings. The second-order valence-corrected chi connectivity index (χ2v) is 10.6. The van der Waals surface area contributed by atoms with Crippen molar-refractivity contribution in [3.05, 3.63) is 52.4 Å². The molecule has 0 atom stereocenters. The van der Waals surface area contributed by atoms with E-state index in [1.165, 1.54) is 9.87 Å². The van der Waals surface area contributed by atoms with Crippen LogP contribution >= 0.6 is 11.3 Å². The van der Waals surface area contributed by atoms with Crippen molar-refractivity contribution < 1.29 is 13.2 Å². The number of hydrogen-bond acceptors (Lipinski definition) is 4. The van der Waals surface area contributed by atoms with Gasteiger partial charge in [0.15, 0.2) is 0 Å². The summed E-state index contributed by atoms with van der Waals surface area (Å²) < 4.78 is 27.9. The summed E-state index contributed by atoms with van der Waals surface area (Å²) in [4.78, 5) is 14.6. The number of rotatable bonds is 3. The summed E-state index contributed by atoms with van der Waals surface area (Å²) in [6, 6.07) is 9.52. The van der Waals surface area contributed by atoms with Gasteiger partial charge in [-0.15, -0.1) is 11.3 Å². The topological polar surface area (TPSA) is 57.7 Å². The van der Waals surface area contributed by atoms with Gasteiger partial charge in [0, 0.05) is 31.6 Å². The highest BCUT2D eigenvalue weighted by atomic mass is 32.2. The first-order valence-corrected chi connectivity index (χ1v) is 11.7. The molecule has 0 bridgehead atoms. The van der Waals surface area contributed by atoms with Crippen LogP contribution in [0.15, 0.2) is 39.9 Å². The number of carbonyl (C=O) groups is 1. The third kappa shape index (κ3) is 3.68. The van der Waals surface area contributed by atoms with E-state index in [4.69, 9.17) is 0 Å². The average molecular weight is 405 g/mol. The molecule has 5 nitrogen and oxygen atoms in total. The summed E-state index contributed by atoms with van der Waals surface area (Å²) in [6.45, 7) is 4.57. The Hall–Kier alpha value is -1.70. The Balaban J connectivity index is 1.51. The van der Waals surface area contributed by atoms with Crippen LogP contribution in [0.4, 0.5) is 0 Å². The van der Waals surface area contributed by atoms with Crippen LogP contribution in [-0.4, -0.2) is 43.2 Å². The third-order valence-electron chi connectivity index (χ3n) is 5.58. The molecule has 0 radical (unpaired) electrons. The zero-order chi connectivity index (χ0) is 19.0. The van der Waals surface area contributed by atoms with E-state index in [1.54, 1.807) is 11.4 Å². The summed E-state index contributed by atoms with van der Waals surface area (Å²) in [5.41, 5.74) is 2.76. The van der Waals surface area contributed by atoms with Gasteiger partial charge >= 0.3 is 0 Å². The molecule has 0 N–H and O–H groups in total. The van der Waals surface area contributed by atoms with E-state index < -0.39 is 10.0 Å². The number of benzene rings is 1. The monoisotopic (exact) mass is 404 g/mol. The van der Waals surface area contributed by atoms with Gasteiger partial charge in [-0.3, -0.25) is 4.79 Å². The van der Waals surface area contributed by atoms with Crippen LogP contribution in [0, 0.1) is 5.92 Å². The van der Waals surface area contributed by atoms with Gasteiger partial charge in [-0.25, -0.2) is 8.42 Å². The fourth-order valence-corrected chi connectivity index (χ4v) is 6.49. The maximum Gasteiger partial charge on any atom is 0.254 e. The van der Waals surface area contributed by atoms with Crippen molar-refractivity contribution in [3.63, 3.8) is 0 Å². The Morgan fingerprint density at radius 3 is 2.56 bits per heavy atom. The van der Waals surface area contributed by atoms with Gasteiger partial charge in [-0.2, -0.15) is 4.31 Å². The van der Waals surface area contributed by atoms with Crippen molar-refractivity contribution in [1.29, 1.82) is 0 Å². The molecule has 1 aromatic carbocycles. The van der Waals surface area contributed by atoms with Gasteiger partial charge in [0.05, 0.1) is 5.56 Å². The number of amides is 1. The highest BCUT2D eigenvalue weighted by Crippen LogP contribution is 2.29. The Kier molecular flexibility index (Phi) is 5.09. The van der Waals surface area contributed by atoms with E-state index >= 15 is 0 Å². The maximum atomic E-state index is 13.1. The number of fused-ring (bicyclic) bond motifs is 1. The number of likely N-dealkylation sites (tertiary alicyclic amines) is 1. The smallest absolute Gasteiger partial charge is 0.254 e. The van der Waals surface area contributed by atoms with Crippen molar-refractivity contribution in [2.45, 2.75) is 36.9 Å². The van der Waals surface area contributed by atoms with Crippen LogP contribution in [0.2, 0.25) is 0 Å². The number of carbonyl (C=O) groups excluding carboxylic acids is 1. The quantitative estimate of drug-likeness (QED) is 0.788. The largest absolute Gasteiger partial charge is 0.339 e. The van der Waals surface area contributed by atoms with Gasteiger partial charge in [-0.1, -0.05) is 31.2 Å². The fraction of sp³-hybridized carbons (Fsp3) is 0.450. The van der Waals surface area contributed by atoms with Gasteiger partial charge < -0.3 is 4.90 Å². The SMILES string of the molecule is CC1CCN(C(=O)c2csc(S(=O)(=O)N3CCc4ccccc4C3)c2)CC1. The second kappa shape index (κ2) is 7.37. The highest BCUT2D eigenvalue weighted by molar-refractivity contribution is 7.91. The maximum absolute atomic E-state index is 13.1. The molecule has 7 heteroatoms. The van der Waals surface area contributed by atoms with Crippen molar-refractivity contribution in [2.24, 2.45) is 5.92 Å². The van der Waals surface area contributed by atoms with E-state index in [0.29, 0.717) is 24.6 Å². The summed E-state index contributed by atoms with van der Waals surface area (Å²) in [6.07, 6.45) is 2.74. The molecule has 27 heavy (non-hydrogen) atoms. The molecule has 0 spiro atoms. The average Bonchev–Trinajstić information content (AvgIpc) is 3.19. The number of nitrogens with zero attached hydrogens (tertiary/aromatic N) is 2. The molecule has 1 aromatic heterocycles. The van der Waals surface area contributed by atoms with Crippen LogP contribution in [-0.2, 0) is 23.0 Å². The zero-order valence-electron chi connectivity index (χ0n) is 15.4. The van der Waals surface area contributed by atoms with Crippen LogP contribution in [0.25, 0.3) is 0 Å². The Morgan fingerprint density at radius 2 is 1.81 bits per heavy atom. The summed E-state index contributed by atoms with van der Waals surface area (Å²) in [7, 11) is -3.58. The van der Waals surface area contributed by atoms with Gasteiger partial charge in [0.25, 0.3) is 15.9 Å². The summed E-state index contributed by atoms with van der Waals surface area (Å²) in [5.74, 6) is 0.595. The lowest BCUT2D eigenvalue weighted by Gasteiger charge is -2.30. The van der Waals surface area contributed by atoms with Crippen molar-refractivity contribution in [3.8, 4) is 0 Å². The van der Waals surface area contributed by atoms with Crippen molar-refractivity contribution in [1.82, 2.24) is 9.21 Å². The first kappa shape index (κ1) is 18.7. The predicted molar refractivity (Wildman–Crippen MR) is 106 cm³/mol. The molecule has 1 fully saturated rings. The molecule has 4 rings (SSSR count). The molecule has 144 valence electrons. The molecule has 3 heterocycles. The lowest BCUT2D eigenvalue weighted by Crippen LogP contribution is -2.37. The Labute approximate surface area is 164 Å². The molecule has 2 aliphatic heterocycles. The second-order valence-electron chi connectivity index (χ2n) is 7.49. The molecule has 1 saturated heterocycles. The molecule has 0 saturated carbocycles. The van der Waals surface area contributed by atoms with Crippen LogP contribution in [0.1, 0.15) is 41.3 Å². The molecule has 0 aliphatic carbocycles. The van der Waals surface area contributed by atoms with Crippen molar-refractivity contribution >= 4 is 27.3 Å². The van der Waals surface area contributed by atoms with E-state index in [0.717, 1.165) is 49.3 Å². The van der Waals surface area contributed by atoms with Gasteiger partial charge in [-0.05, 0) is 42.4 Å². The first-order valence-electron chi connectivity index (χ1n) is 9.40. The zero-order valence-corrected chi connectivity index (χ0v) is 17.1. The van der Waals surface area contributed by atoms with Crippen molar-refractivity contribution in [2.75, 3.05) is 19.6 Å². The summed E-state index contributed by atoms with van der Waals surface area (Å²) in [5, 5.41) is 1.69. The predicted octanol–water partition coefficient (Wildman–Crippen LogP) is 3.37. The van der Waals surface area contributed by atoms with Crippen LogP contribution in [0.5, 0.6) is 0 Å². The number of piperidine rings is 1. The summed E-state index contributed by atoms with van der Waals surface area (Å²) >= 11 is 1.15. The van der Waals surface area contributed by atoms with Gasteiger partial charge in [0.1, 0.15) is 4.21 Å². The van der Waals surface area contributed by atoms with E-state index in [-0.39, 0.29) is 10.1 Å². The van der Waals surface area contributed by atoms with E-state index in [2.05, 4.69) is 13.0 Å². The lowest BCUT2D eigenvalue weighted by molar-refractivity contribution is 0.0697. The third-order valence-corrected chi connectivity index (χ3v) is 8.84. The number of sulfonamides is 1. The molecular weight excluding hydrogens is 380 g/mol. The fourth-order valence-electron chi connectivity index (χ4n) is 3.76. The molecule has 1 amide bonds. The Morgan fingerprint density at radius 1 is 1.11 bits per heavy atom. The van der Waals surface area contributed by atoms with Crippen LogP contribution < -0.4 is 0 Å². The van der Waals surface area contributed by atoms with E-state index in [9.17, 15) is 13.2 Å². The molecule has 2 aromatic rings. The van der Waals surface area contributed by atoms with Crippen LogP contribution in [0.3, 0.4) is 0 Å².